The van der Waals surface area contributed by atoms with E-state index in [1.54, 1.807) is 0 Å². The number of hydrazine groups is 1. The highest BCUT2D eigenvalue weighted by molar-refractivity contribution is 8.00. The summed E-state index contributed by atoms with van der Waals surface area (Å²) in [6.45, 7) is 4.46. The average molecular weight is 268 g/mol. The summed E-state index contributed by atoms with van der Waals surface area (Å²) in [6.07, 6.45) is 4.47. The average Bonchev–Trinajstić information content (AvgIpc) is 2.93. The molecule has 1 aliphatic rings. The molecule has 2 heterocycles. The van der Waals surface area contributed by atoms with Gasteiger partial charge in [0.25, 0.3) is 0 Å². The van der Waals surface area contributed by atoms with Crippen LogP contribution in [0.15, 0.2) is 6.07 Å². The van der Waals surface area contributed by atoms with Crippen LogP contribution in [-0.2, 0) is 19.9 Å². The maximum absolute atomic E-state index is 5.78. The maximum atomic E-state index is 5.78. The molecule has 0 radical (unpaired) electrons. The van der Waals surface area contributed by atoms with Crippen LogP contribution in [0.3, 0.4) is 0 Å². The molecule has 102 valence electrons. The lowest BCUT2D eigenvalue weighted by molar-refractivity contribution is 0.398. The molecule has 0 spiro atoms. The molecule has 1 saturated heterocycles. The monoisotopic (exact) mass is 268 g/mol. The van der Waals surface area contributed by atoms with Gasteiger partial charge in [-0.05, 0) is 38.0 Å². The second-order valence-corrected chi connectivity index (χ2v) is 6.92. The van der Waals surface area contributed by atoms with Crippen molar-refractivity contribution in [1.82, 2.24) is 15.2 Å². The van der Waals surface area contributed by atoms with Gasteiger partial charge in [0.2, 0.25) is 0 Å². The molecule has 1 aliphatic heterocycles. The zero-order valence-electron chi connectivity index (χ0n) is 11.6. The number of rotatable bonds is 5. The lowest BCUT2D eigenvalue weighted by Crippen LogP contribution is -2.50. The van der Waals surface area contributed by atoms with Crippen molar-refractivity contribution in [1.29, 1.82) is 0 Å². The molecule has 3 N–H and O–H groups in total. The summed E-state index contributed by atoms with van der Waals surface area (Å²) in [5, 5.41) is 4.51. The van der Waals surface area contributed by atoms with Crippen LogP contribution in [0.5, 0.6) is 0 Å². The van der Waals surface area contributed by atoms with Gasteiger partial charge in [0, 0.05) is 30.0 Å². The van der Waals surface area contributed by atoms with Gasteiger partial charge < -0.3 is 0 Å². The van der Waals surface area contributed by atoms with Crippen LogP contribution in [0, 0.1) is 0 Å². The van der Waals surface area contributed by atoms with Crippen molar-refractivity contribution in [3.8, 4) is 0 Å². The van der Waals surface area contributed by atoms with Crippen molar-refractivity contribution in [2.24, 2.45) is 12.9 Å². The van der Waals surface area contributed by atoms with Gasteiger partial charge in [-0.1, -0.05) is 6.92 Å². The molecule has 1 aromatic rings. The van der Waals surface area contributed by atoms with Gasteiger partial charge in [0.1, 0.15) is 0 Å². The molecule has 2 unspecified atom stereocenters. The van der Waals surface area contributed by atoms with Crippen molar-refractivity contribution < 1.29 is 0 Å². The first kappa shape index (κ1) is 13.9. The third-order valence-electron chi connectivity index (χ3n) is 3.99. The van der Waals surface area contributed by atoms with E-state index in [0.717, 1.165) is 18.5 Å². The fourth-order valence-corrected chi connectivity index (χ4v) is 4.07. The summed E-state index contributed by atoms with van der Waals surface area (Å²) in [6, 6.07) is 2.51. The van der Waals surface area contributed by atoms with Crippen molar-refractivity contribution >= 4 is 11.8 Å². The molecule has 0 aliphatic carbocycles. The van der Waals surface area contributed by atoms with Crippen LogP contribution in [0.2, 0.25) is 0 Å². The molecule has 1 fully saturated rings. The third kappa shape index (κ3) is 2.73. The first-order valence-electron chi connectivity index (χ1n) is 6.71. The fourth-order valence-electron chi connectivity index (χ4n) is 2.67. The molecule has 0 aromatic carbocycles. The van der Waals surface area contributed by atoms with Crippen LogP contribution >= 0.6 is 11.8 Å². The number of aryl methyl sites for hydroxylation is 2. The summed E-state index contributed by atoms with van der Waals surface area (Å²) in [4.78, 5) is 0. The number of aromatic nitrogens is 2. The van der Waals surface area contributed by atoms with Crippen molar-refractivity contribution in [2.45, 2.75) is 50.3 Å². The molecule has 2 atom stereocenters. The Balaban J connectivity index is 2.12. The predicted octanol–water partition coefficient (Wildman–Crippen LogP) is 1.64. The minimum Gasteiger partial charge on any atom is -0.272 e. The number of nitrogens with zero attached hydrogens (tertiary/aromatic N) is 2. The number of thioether (sulfide) groups is 1. The Hall–Kier alpha value is -0.520. The third-order valence-corrected chi connectivity index (χ3v) is 5.63. The first-order valence-corrected chi connectivity index (χ1v) is 7.69. The van der Waals surface area contributed by atoms with E-state index in [-0.39, 0.29) is 4.75 Å². The standard InChI is InChI=1S/C13H24N4S/c1-4-10-8-11(17(3)16-10)9-12(15-14)13(2)6-5-7-18-13/h8,12,15H,4-7,9,14H2,1-3H3. The zero-order chi connectivity index (χ0) is 13.2. The normalized spacial score (nSPS) is 25.6. The van der Waals surface area contributed by atoms with Gasteiger partial charge in [-0.3, -0.25) is 16.0 Å². The Morgan fingerprint density at radius 1 is 1.67 bits per heavy atom. The molecule has 0 saturated carbocycles. The second-order valence-electron chi connectivity index (χ2n) is 5.29. The first-order chi connectivity index (χ1) is 8.59. The highest BCUT2D eigenvalue weighted by Gasteiger charge is 2.37. The Morgan fingerprint density at radius 3 is 2.94 bits per heavy atom. The summed E-state index contributed by atoms with van der Waals surface area (Å²) >= 11 is 2.04. The summed E-state index contributed by atoms with van der Waals surface area (Å²) < 4.78 is 2.25. The van der Waals surface area contributed by atoms with Gasteiger partial charge in [-0.15, -0.1) is 0 Å². The summed E-state index contributed by atoms with van der Waals surface area (Å²) in [5.41, 5.74) is 5.45. The quantitative estimate of drug-likeness (QED) is 0.630. The molecule has 2 rings (SSSR count). The van der Waals surface area contributed by atoms with E-state index in [9.17, 15) is 0 Å². The number of hydrogen-bond donors (Lipinski definition) is 2. The van der Waals surface area contributed by atoms with Gasteiger partial charge >= 0.3 is 0 Å². The van der Waals surface area contributed by atoms with Gasteiger partial charge in [0.05, 0.1) is 5.69 Å². The molecular weight excluding hydrogens is 244 g/mol. The minimum atomic E-state index is 0.255. The fraction of sp³-hybridized carbons (Fsp3) is 0.769. The number of nitrogens with one attached hydrogen (secondary N) is 1. The van der Waals surface area contributed by atoms with E-state index in [1.165, 1.54) is 24.3 Å². The molecule has 18 heavy (non-hydrogen) atoms. The Morgan fingerprint density at radius 2 is 2.44 bits per heavy atom. The van der Waals surface area contributed by atoms with E-state index in [4.69, 9.17) is 5.84 Å². The van der Waals surface area contributed by atoms with Crippen LogP contribution in [0.1, 0.15) is 38.1 Å². The van der Waals surface area contributed by atoms with Crippen molar-refractivity contribution in [2.75, 3.05) is 5.75 Å². The number of nitrogens with two attached hydrogens (primary N) is 1. The topological polar surface area (TPSA) is 55.9 Å². The SMILES string of the molecule is CCc1cc(CC(NN)C2(C)CCCS2)n(C)n1. The molecule has 0 amide bonds. The van der Waals surface area contributed by atoms with E-state index >= 15 is 0 Å². The minimum absolute atomic E-state index is 0.255. The largest absolute Gasteiger partial charge is 0.272 e. The highest BCUT2D eigenvalue weighted by Crippen LogP contribution is 2.41. The van der Waals surface area contributed by atoms with E-state index < -0.39 is 0 Å². The maximum Gasteiger partial charge on any atom is 0.0624 e. The summed E-state index contributed by atoms with van der Waals surface area (Å²) in [7, 11) is 2.02. The van der Waals surface area contributed by atoms with Crippen molar-refractivity contribution in [3.63, 3.8) is 0 Å². The van der Waals surface area contributed by atoms with E-state index in [0.29, 0.717) is 6.04 Å². The van der Waals surface area contributed by atoms with Gasteiger partial charge in [-0.25, -0.2) is 0 Å². The smallest absolute Gasteiger partial charge is 0.0624 e. The van der Waals surface area contributed by atoms with Gasteiger partial charge in [0.15, 0.2) is 0 Å². The molecule has 4 nitrogen and oxygen atoms in total. The predicted molar refractivity (Wildman–Crippen MR) is 77.5 cm³/mol. The van der Waals surface area contributed by atoms with E-state index in [1.807, 2.05) is 23.5 Å². The van der Waals surface area contributed by atoms with Crippen molar-refractivity contribution in [3.05, 3.63) is 17.5 Å². The van der Waals surface area contributed by atoms with Crippen LogP contribution < -0.4 is 11.3 Å². The summed E-state index contributed by atoms with van der Waals surface area (Å²) in [5.74, 6) is 7.03. The molecule has 1 aromatic heterocycles. The molecule has 0 bridgehead atoms. The van der Waals surface area contributed by atoms with Crippen LogP contribution in [0.4, 0.5) is 0 Å². The lowest BCUT2D eigenvalue weighted by atomic mass is 9.93. The number of hydrogen-bond acceptors (Lipinski definition) is 4. The Kier molecular flexibility index (Phi) is 4.35. The Labute approximate surface area is 114 Å². The van der Waals surface area contributed by atoms with Crippen LogP contribution in [0.25, 0.3) is 0 Å². The van der Waals surface area contributed by atoms with Crippen LogP contribution in [-0.4, -0.2) is 26.3 Å². The molecule has 5 heteroatoms. The molecular formula is C13H24N4S. The second kappa shape index (κ2) is 5.63. The Bertz CT molecular complexity index is 396. The lowest BCUT2D eigenvalue weighted by Gasteiger charge is -2.32. The van der Waals surface area contributed by atoms with Gasteiger partial charge in [-0.2, -0.15) is 16.9 Å². The zero-order valence-corrected chi connectivity index (χ0v) is 12.4. The highest BCUT2D eigenvalue weighted by atomic mass is 32.2. The van der Waals surface area contributed by atoms with E-state index in [2.05, 4.69) is 30.4 Å².